The van der Waals surface area contributed by atoms with Crippen molar-refractivity contribution in [3.8, 4) is 17.9 Å². The minimum absolute atomic E-state index is 0.107. The second-order valence-corrected chi connectivity index (χ2v) is 3.49. The number of hydrogen-bond donors (Lipinski definition) is 0. The number of thioether (sulfide) groups is 1. The minimum Gasteiger partial charge on any atom is -0.497 e. The molecule has 0 spiro atoms. The largest absolute Gasteiger partial charge is 0.497 e. The van der Waals surface area contributed by atoms with Crippen LogP contribution >= 0.6 is 11.8 Å². The van der Waals surface area contributed by atoms with Gasteiger partial charge in [0.2, 0.25) is 0 Å². The van der Waals surface area contributed by atoms with Crippen molar-refractivity contribution in [1.82, 2.24) is 0 Å². The Morgan fingerprint density at radius 2 is 1.87 bits per heavy atom. The van der Waals surface area contributed by atoms with Gasteiger partial charge in [0.15, 0.2) is 0 Å². The number of allylic oxidation sites excluding steroid dienone is 1. The van der Waals surface area contributed by atoms with E-state index in [2.05, 4.69) is 0 Å². The second-order valence-electron chi connectivity index (χ2n) is 2.55. The molecular weight excluding hydrogens is 208 g/mol. The molecule has 0 heterocycles. The van der Waals surface area contributed by atoms with Crippen molar-refractivity contribution in [3.63, 3.8) is 0 Å². The van der Waals surface area contributed by atoms with Crippen LogP contribution in [0.4, 0.5) is 0 Å². The summed E-state index contributed by atoms with van der Waals surface area (Å²) >= 11 is 1.33. The zero-order valence-electron chi connectivity index (χ0n) is 8.10. The zero-order valence-corrected chi connectivity index (χ0v) is 8.91. The van der Waals surface area contributed by atoms with E-state index in [0.29, 0.717) is 0 Å². The molecular formula is C11H8N2OS. The van der Waals surface area contributed by atoms with E-state index >= 15 is 0 Å². The summed E-state index contributed by atoms with van der Waals surface area (Å²) in [5, 5.41) is 18.6. The number of methoxy groups -OCH3 is 1. The van der Waals surface area contributed by atoms with E-state index in [-0.39, 0.29) is 5.57 Å². The third-order valence-corrected chi connectivity index (χ3v) is 2.51. The first-order chi connectivity index (χ1) is 7.30. The first-order valence-corrected chi connectivity index (χ1v) is 4.99. The van der Waals surface area contributed by atoms with Gasteiger partial charge in [0.25, 0.3) is 0 Å². The standard InChI is InChI=1S/C11H8N2OS/c1-14-10-2-4-11(5-3-10)15-8-9(6-12)7-13/h2-5,8H,1H3. The quantitative estimate of drug-likeness (QED) is 0.575. The lowest BCUT2D eigenvalue weighted by Crippen LogP contribution is -1.80. The van der Waals surface area contributed by atoms with Crippen molar-refractivity contribution in [3.05, 3.63) is 35.2 Å². The SMILES string of the molecule is COc1ccc(SC=C(C#N)C#N)cc1. The maximum Gasteiger partial charge on any atom is 0.136 e. The van der Waals surface area contributed by atoms with Gasteiger partial charge in [-0.25, -0.2) is 0 Å². The van der Waals surface area contributed by atoms with E-state index in [0.717, 1.165) is 10.6 Å². The fourth-order valence-corrected chi connectivity index (χ4v) is 1.51. The van der Waals surface area contributed by atoms with Gasteiger partial charge in [-0.15, -0.1) is 0 Å². The zero-order chi connectivity index (χ0) is 11.1. The van der Waals surface area contributed by atoms with Gasteiger partial charge in [0, 0.05) is 10.3 Å². The first kappa shape index (κ1) is 11.2. The first-order valence-electron chi connectivity index (χ1n) is 4.11. The van der Waals surface area contributed by atoms with Crippen LogP contribution in [0.1, 0.15) is 0 Å². The lowest BCUT2D eigenvalue weighted by Gasteiger charge is -1.99. The predicted molar refractivity (Wildman–Crippen MR) is 58.2 cm³/mol. The monoisotopic (exact) mass is 216 g/mol. The predicted octanol–water partition coefficient (Wildman–Crippen LogP) is 2.72. The summed E-state index contributed by atoms with van der Waals surface area (Å²) in [6, 6.07) is 11.0. The highest BCUT2D eigenvalue weighted by molar-refractivity contribution is 8.02. The number of nitrogens with zero attached hydrogens (tertiary/aromatic N) is 2. The summed E-state index contributed by atoms with van der Waals surface area (Å²) in [6.07, 6.45) is 0. The fourth-order valence-electron chi connectivity index (χ4n) is 0.859. The molecule has 0 saturated heterocycles. The van der Waals surface area contributed by atoms with Crippen LogP contribution in [-0.4, -0.2) is 7.11 Å². The fraction of sp³-hybridized carbons (Fsp3) is 0.0909. The van der Waals surface area contributed by atoms with Crippen molar-refractivity contribution in [1.29, 1.82) is 10.5 Å². The molecule has 0 radical (unpaired) electrons. The molecule has 0 aliphatic rings. The summed E-state index contributed by atoms with van der Waals surface area (Å²) in [7, 11) is 1.60. The van der Waals surface area contributed by atoms with Crippen LogP contribution in [0, 0.1) is 22.7 Å². The molecule has 1 aromatic rings. The molecule has 0 atom stereocenters. The van der Waals surface area contributed by atoms with Gasteiger partial charge < -0.3 is 4.74 Å². The Morgan fingerprint density at radius 1 is 1.27 bits per heavy atom. The van der Waals surface area contributed by atoms with Crippen LogP contribution in [0.25, 0.3) is 0 Å². The highest BCUT2D eigenvalue weighted by atomic mass is 32.2. The Labute approximate surface area is 92.6 Å². The van der Waals surface area contributed by atoms with Crippen molar-refractivity contribution >= 4 is 11.8 Å². The Morgan fingerprint density at radius 3 is 2.33 bits per heavy atom. The van der Waals surface area contributed by atoms with Gasteiger partial charge in [0.05, 0.1) is 7.11 Å². The molecule has 0 aliphatic heterocycles. The van der Waals surface area contributed by atoms with E-state index < -0.39 is 0 Å². The molecule has 0 bridgehead atoms. The summed E-state index contributed by atoms with van der Waals surface area (Å²) in [5.74, 6) is 0.782. The average molecular weight is 216 g/mol. The van der Waals surface area contributed by atoms with Crippen LogP contribution < -0.4 is 4.74 Å². The second kappa shape index (κ2) is 5.74. The van der Waals surface area contributed by atoms with Gasteiger partial charge in [-0.05, 0) is 24.3 Å². The highest BCUT2D eigenvalue weighted by Crippen LogP contribution is 2.22. The third kappa shape index (κ3) is 3.38. The lowest BCUT2D eigenvalue weighted by atomic mass is 10.3. The van der Waals surface area contributed by atoms with Gasteiger partial charge in [-0.3, -0.25) is 0 Å². The van der Waals surface area contributed by atoms with Crippen LogP contribution in [0.3, 0.4) is 0 Å². The van der Waals surface area contributed by atoms with E-state index in [1.54, 1.807) is 19.2 Å². The molecule has 1 aromatic carbocycles. The van der Waals surface area contributed by atoms with Crippen LogP contribution in [0.5, 0.6) is 5.75 Å². The molecule has 0 saturated carbocycles. The molecule has 1 rings (SSSR count). The van der Waals surface area contributed by atoms with Gasteiger partial charge in [0.1, 0.15) is 23.5 Å². The van der Waals surface area contributed by atoms with E-state index in [4.69, 9.17) is 15.3 Å². The Bertz CT molecular complexity index is 421. The van der Waals surface area contributed by atoms with Crippen LogP contribution in [0.2, 0.25) is 0 Å². The number of hydrogen-bond acceptors (Lipinski definition) is 4. The van der Waals surface area contributed by atoms with Gasteiger partial charge in [-0.2, -0.15) is 10.5 Å². The van der Waals surface area contributed by atoms with Crippen molar-refractivity contribution in [2.75, 3.05) is 7.11 Å². The van der Waals surface area contributed by atoms with Gasteiger partial charge in [-0.1, -0.05) is 11.8 Å². The molecule has 0 unspecified atom stereocenters. The molecule has 0 N–H and O–H groups in total. The Balaban J connectivity index is 2.71. The summed E-state index contributed by atoms with van der Waals surface area (Å²) in [6.45, 7) is 0. The third-order valence-electron chi connectivity index (χ3n) is 1.61. The smallest absolute Gasteiger partial charge is 0.136 e. The lowest BCUT2D eigenvalue weighted by molar-refractivity contribution is 0.414. The molecule has 0 amide bonds. The topological polar surface area (TPSA) is 56.8 Å². The number of benzene rings is 1. The molecule has 0 fully saturated rings. The molecule has 4 heteroatoms. The summed E-state index contributed by atoms with van der Waals surface area (Å²) in [5.41, 5.74) is 0.107. The van der Waals surface area contributed by atoms with Crippen molar-refractivity contribution in [2.24, 2.45) is 0 Å². The molecule has 0 aromatic heterocycles. The van der Waals surface area contributed by atoms with Crippen molar-refractivity contribution in [2.45, 2.75) is 4.90 Å². The average Bonchev–Trinajstić information content (AvgIpc) is 2.31. The summed E-state index contributed by atoms with van der Waals surface area (Å²) in [4.78, 5) is 0.957. The molecule has 0 aliphatic carbocycles. The van der Waals surface area contributed by atoms with E-state index in [1.807, 2.05) is 24.3 Å². The minimum atomic E-state index is 0.107. The Hall–Kier alpha value is -1.91. The number of ether oxygens (including phenoxy) is 1. The number of nitriles is 2. The molecule has 74 valence electrons. The van der Waals surface area contributed by atoms with Gasteiger partial charge >= 0.3 is 0 Å². The molecule has 15 heavy (non-hydrogen) atoms. The normalized spacial score (nSPS) is 8.47. The number of rotatable bonds is 3. The van der Waals surface area contributed by atoms with Crippen molar-refractivity contribution < 1.29 is 4.74 Å². The maximum absolute atomic E-state index is 8.51. The van der Waals surface area contributed by atoms with Crippen LogP contribution in [0.15, 0.2) is 40.1 Å². The van der Waals surface area contributed by atoms with E-state index in [1.165, 1.54) is 17.2 Å². The van der Waals surface area contributed by atoms with E-state index in [9.17, 15) is 0 Å². The molecule has 3 nitrogen and oxygen atoms in total. The Kier molecular flexibility index (Phi) is 4.28. The maximum atomic E-state index is 8.51. The summed E-state index contributed by atoms with van der Waals surface area (Å²) < 4.78 is 5.01. The highest BCUT2D eigenvalue weighted by Gasteiger charge is 1.95. The van der Waals surface area contributed by atoms with Crippen LogP contribution in [-0.2, 0) is 0 Å².